The molecule has 1 N–H and O–H groups in total. The van der Waals surface area contributed by atoms with Crippen molar-refractivity contribution >= 4 is 24.7 Å². The van der Waals surface area contributed by atoms with Crippen molar-refractivity contribution in [3.8, 4) is 0 Å². The average Bonchev–Trinajstić information content (AvgIpc) is 2.09. The van der Waals surface area contributed by atoms with Gasteiger partial charge in [0.15, 0.2) is 0 Å². The highest BCUT2D eigenvalue weighted by atomic mass is 32.1. The molecular formula is C10H19NO4S. The van der Waals surface area contributed by atoms with Crippen molar-refractivity contribution in [3.63, 3.8) is 0 Å². The summed E-state index contributed by atoms with van der Waals surface area (Å²) in [4.78, 5) is 23.6. The summed E-state index contributed by atoms with van der Waals surface area (Å²) >= 11 is 3.96. The fourth-order valence-electron chi connectivity index (χ4n) is 1.07. The van der Waals surface area contributed by atoms with Crippen LogP contribution in [0.2, 0.25) is 0 Å². The number of rotatable bonds is 4. The number of carboxylic acids is 1. The summed E-state index contributed by atoms with van der Waals surface area (Å²) in [5.74, 6) is -0.660. The monoisotopic (exact) mass is 249 g/mol. The van der Waals surface area contributed by atoms with Gasteiger partial charge in [0.1, 0.15) is 11.6 Å². The predicted molar refractivity (Wildman–Crippen MR) is 63.9 cm³/mol. The van der Waals surface area contributed by atoms with E-state index in [1.54, 1.807) is 20.8 Å². The second-order valence-electron chi connectivity index (χ2n) is 4.46. The molecule has 0 saturated heterocycles. The normalized spacial score (nSPS) is 13.1. The molecule has 1 amide bonds. The van der Waals surface area contributed by atoms with Crippen LogP contribution in [0.5, 0.6) is 0 Å². The van der Waals surface area contributed by atoms with E-state index in [0.717, 1.165) is 4.90 Å². The van der Waals surface area contributed by atoms with E-state index >= 15 is 0 Å². The van der Waals surface area contributed by atoms with Crippen LogP contribution in [0.25, 0.3) is 0 Å². The van der Waals surface area contributed by atoms with Crippen LogP contribution >= 0.6 is 12.6 Å². The van der Waals surface area contributed by atoms with Crippen LogP contribution in [-0.4, -0.2) is 46.5 Å². The first kappa shape index (κ1) is 15.1. The summed E-state index contributed by atoms with van der Waals surface area (Å²) in [6, 6.07) is -0.896. The molecule has 0 saturated carbocycles. The van der Waals surface area contributed by atoms with Gasteiger partial charge in [0.2, 0.25) is 0 Å². The maximum Gasteiger partial charge on any atom is 0.410 e. The number of likely N-dealkylation sites (N-methyl/N-ethyl adjacent to an activating group) is 1. The molecule has 0 aliphatic carbocycles. The molecule has 16 heavy (non-hydrogen) atoms. The maximum absolute atomic E-state index is 11.6. The van der Waals surface area contributed by atoms with Crippen molar-refractivity contribution < 1.29 is 19.4 Å². The molecule has 0 aromatic carbocycles. The number of thiol groups is 1. The highest BCUT2D eigenvalue weighted by molar-refractivity contribution is 7.80. The summed E-state index contributed by atoms with van der Waals surface area (Å²) in [5.41, 5.74) is -0.630. The van der Waals surface area contributed by atoms with Crippen LogP contribution in [0.3, 0.4) is 0 Å². The molecule has 0 aromatic rings. The molecular weight excluding hydrogens is 230 g/mol. The number of amides is 1. The maximum atomic E-state index is 11.6. The predicted octanol–water partition coefficient (Wildman–Crippen LogP) is 1.63. The van der Waals surface area contributed by atoms with Gasteiger partial charge in [-0.05, 0) is 32.9 Å². The number of aliphatic carboxylic acids is 1. The van der Waals surface area contributed by atoms with Crippen LogP contribution < -0.4 is 0 Å². The molecule has 0 spiro atoms. The zero-order chi connectivity index (χ0) is 12.9. The number of hydrogen-bond acceptors (Lipinski definition) is 4. The first-order valence-electron chi connectivity index (χ1n) is 4.98. The van der Waals surface area contributed by atoms with Crippen molar-refractivity contribution in [2.45, 2.75) is 38.8 Å². The van der Waals surface area contributed by atoms with E-state index in [9.17, 15) is 9.59 Å². The van der Waals surface area contributed by atoms with E-state index in [-0.39, 0.29) is 6.42 Å². The topological polar surface area (TPSA) is 66.8 Å². The van der Waals surface area contributed by atoms with Gasteiger partial charge < -0.3 is 9.84 Å². The Hall–Kier alpha value is -0.910. The van der Waals surface area contributed by atoms with Crippen LogP contribution in [0.1, 0.15) is 27.2 Å². The highest BCUT2D eigenvalue weighted by Crippen LogP contribution is 2.12. The standard InChI is InChI=1S/C10H19NO4S/c1-10(2,3)15-9(14)11(4)7(5-6-16)8(12)13/h7,16H,5-6H2,1-4H3,(H,12,13). The summed E-state index contributed by atoms with van der Waals surface area (Å²) in [6.45, 7) is 5.19. The van der Waals surface area contributed by atoms with Crippen LogP contribution in [-0.2, 0) is 9.53 Å². The second-order valence-corrected chi connectivity index (χ2v) is 4.90. The van der Waals surface area contributed by atoms with Gasteiger partial charge in [-0.3, -0.25) is 4.90 Å². The molecule has 1 atom stereocenters. The smallest absolute Gasteiger partial charge is 0.410 e. The van der Waals surface area contributed by atoms with Crippen molar-refractivity contribution in [2.75, 3.05) is 12.8 Å². The molecule has 0 aromatic heterocycles. The van der Waals surface area contributed by atoms with Gasteiger partial charge in [-0.1, -0.05) is 0 Å². The fourth-order valence-corrected chi connectivity index (χ4v) is 1.31. The Morgan fingerprint density at radius 3 is 2.25 bits per heavy atom. The Balaban J connectivity index is 4.55. The Kier molecular flexibility index (Phi) is 5.64. The Labute approximate surface area is 101 Å². The van der Waals surface area contributed by atoms with Crippen molar-refractivity contribution in [1.29, 1.82) is 0 Å². The molecule has 0 radical (unpaired) electrons. The number of ether oxygens (including phenoxy) is 1. The Bertz CT molecular complexity index is 262. The summed E-state index contributed by atoms with van der Waals surface area (Å²) in [7, 11) is 1.41. The molecule has 94 valence electrons. The van der Waals surface area contributed by atoms with Gasteiger partial charge in [-0.15, -0.1) is 0 Å². The molecule has 1 unspecified atom stereocenters. The first-order chi connectivity index (χ1) is 7.19. The minimum Gasteiger partial charge on any atom is -0.480 e. The van der Waals surface area contributed by atoms with Crippen LogP contribution in [0, 0.1) is 0 Å². The molecule has 5 nitrogen and oxygen atoms in total. The van der Waals surface area contributed by atoms with E-state index in [1.807, 2.05) is 0 Å². The average molecular weight is 249 g/mol. The molecule has 0 fully saturated rings. The van der Waals surface area contributed by atoms with E-state index in [4.69, 9.17) is 9.84 Å². The van der Waals surface area contributed by atoms with Gasteiger partial charge in [0.05, 0.1) is 0 Å². The van der Waals surface area contributed by atoms with E-state index in [2.05, 4.69) is 12.6 Å². The van der Waals surface area contributed by atoms with Crippen molar-refractivity contribution in [3.05, 3.63) is 0 Å². The molecule has 0 bridgehead atoms. The lowest BCUT2D eigenvalue weighted by Gasteiger charge is -2.28. The summed E-state index contributed by atoms with van der Waals surface area (Å²) < 4.78 is 5.08. The van der Waals surface area contributed by atoms with Crippen molar-refractivity contribution in [2.24, 2.45) is 0 Å². The molecule has 0 heterocycles. The molecule has 0 rings (SSSR count). The quantitative estimate of drug-likeness (QED) is 0.743. The lowest BCUT2D eigenvalue weighted by molar-refractivity contribution is -0.142. The van der Waals surface area contributed by atoms with Gasteiger partial charge in [0, 0.05) is 7.05 Å². The lowest BCUT2D eigenvalue weighted by atomic mass is 10.2. The summed E-state index contributed by atoms with van der Waals surface area (Å²) in [5, 5.41) is 8.94. The zero-order valence-corrected chi connectivity index (χ0v) is 11.0. The largest absolute Gasteiger partial charge is 0.480 e. The second kappa shape index (κ2) is 5.98. The Morgan fingerprint density at radius 2 is 1.94 bits per heavy atom. The van der Waals surface area contributed by atoms with Crippen LogP contribution in [0.4, 0.5) is 4.79 Å². The van der Waals surface area contributed by atoms with Crippen molar-refractivity contribution in [1.82, 2.24) is 4.90 Å². The highest BCUT2D eigenvalue weighted by Gasteiger charge is 2.29. The van der Waals surface area contributed by atoms with E-state index in [1.165, 1.54) is 7.05 Å². The number of carbonyl (C=O) groups is 2. The number of carboxylic acid groups (broad SMARTS) is 1. The molecule has 0 aliphatic heterocycles. The van der Waals surface area contributed by atoms with Gasteiger partial charge >= 0.3 is 12.1 Å². The first-order valence-corrected chi connectivity index (χ1v) is 5.61. The molecule has 6 heteroatoms. The fraction of sp³-hybridized carbons (Fsp3) is 0.800. The van der Waals surface area contributed by atoms with Gasteiger partial charge in [-0.2, -0.15) is 12.6 Å². The van der Waals surface area contributed by atoms with Gasteiger partial charge in [0.25, 0.3) is 0 Å². The third-order valence-electron chi connectivity index (χ3n) is 1.84. The third kappa shape index (κ3) is 5.25. The molecule has 0 aliphatic rings. The third-order valence-corrected chi connectivity index (χ3v) is 2.09. The lowest BCUT2D eigenvalue weighted by Crippen LogP contribution is -2.45. The van der Waals surface area contributed by atoms with E-state index in [0.29, 0.717) is 5.75 Å². The SMILES string of the molecule is CN(C(=O)OC(C)(C)C)C(CCS)C(=O)O. The summed E-state index contributed by atoms with van der Waals surface area (Å²) in [6.07, 6.45) is -0.351. The number of hydrogen-bond donors (Lipinski definition) is 2. The number of nitrogens with zero attached hydrogens (tertiary/aromatic N) is 1. The Morgan fingerprint density at radius 1 is 1.44 bits per heavy atom. The van der Waals surface area contributed by atoms with E-state index < -0.39 is 23.7 Å². The minimum absolute atomic E-state index is 0.286. The van der Waals surface area contributed by atoms with Gasteiger partial charge in [-0.25, -0.2) is 9.59 Å². The van der Waals surface area contributed by atoms with Crippen LogP contribution in [0.15, 0.2) is 0 Å². The minimum atomic E-state index is -1.05. The zero-order valence-electron chi connectivity index (χ0n) is 10.1. The number of carbonyl (C=O) groups excluding carboxylic acids is 1.